The van der Waals surface area contributed by atoms with Gasteiger partial charge in [-0.25, -0.2) is 13.4 Å². The maximum Gasteiger partial charge on any atom is 0.443 e. The van der Waals surface area contributed by atoms with Crippen molar-refractivity contribution in [2.75, 3.05) is 4.72 Å². The van der Waals surface area contributed by atoms with Gasteiger partial charge in [0, 0.05) is 24.8 Å². The Bertz CT molecular complexity index is 1290. The van der Waals surface area contributed by atoms with Crippen LogP contribution in [0, 0.1) is 0 Å². The molecule has 0 saturated heterocycles. The number of halogens is 3. The molecule has 29 heavy (non-hydrogen) atoms. The van der Waals surface area contributed by atoms with Crippen LogP contribution < -0.4 is 4.72 Å². The van der Waals surface area contributed by atoms with Crippen LogP contribution >= 0.6 is 11.3 Å². The second-order valence-corrected chi connectivity index (χ2v) is 8.74. The number of nitrogens with one attached hydrogen (secondary N) is 1. The van der Waals surface area contributed by atoms with Crippen LogP contribution in [0.2, 0.25) is 0 Å². The Labute approximate surface area is 166 Å². The molecule has 0 fully saturated rings. The number of alkyl halides is 3. The zero-order chi connectivity index (χ0) is 20.8. The van der Waals surface area contributed by atoms with Gasteiger partial charge in [0.25, 0.3) is 10.0 Å². The van der Waals surface area contributed by atoms with Gasteiger partial charge in [0.2, 0.25) is 0 Å². The minimum absolute atomic E-state index is 0.124. The van der Waals surface area contributed by atoms with Crippen LogP contribution in [0.4, 0.5) is 18.9 Å². The number of hydrogen-bond donors (Lipinski definition) is 1. The third kappa shape index (κ3) is 3.68. The van der Waals surface area contributed by atoms with Gasteiger partial charge in [0.15, 0.2) is 5.01 Å². The summed E-state index contributed by atoms with van der Waals surface area (Å²) in [7, 11) is -2.27. The smallest absolute Gasteiger partial charge is 0.277 e. The van der Waals surface area contributed by atoms with Crippen molar-refractivity contribution >= 4 is 38.0 Å². The normalized spacial score (nSPS) is 12.4. The Hall–Kier alpha value is -2.99. The van der Waals surface area contributed by atoms with Crippen LogP contribution in [-0.4, -0.2) is 28.2 Å². The fourth-order valence-electron chi connectivity index (χ4n) is 2.73. The molecular weight excluding hydrogens is 427 g/mol. The second-order valence-electron chi connectivity index (χ2n) is 6.02. The number of aromatic nitrogens is 4. The zero-order valence-electron chi connectivity index (χ0n) is 14.7. The number of para-hydroxylation sites is 1. The lowest BCUT2D eigenvalue weighted by Crippen LogP contribution is -2.14. The number of pyridine rings is 1. The predicted octanol–water partition coefficient (Wildman–Crippen LogP) is 3.91. The fraction of sp³-hybridized carbons (Fsp3) is 0.118. The average Bonchev–Trinajstić information content (AvgIpc) is 3.30. The Morgan fingerprint density at radius 3 is 2.52 bits per heavy atom. The molecule has 0 saturated carbocycles. The summed E-state index contributed by atoms with van der Waals surface area (Å²) in [6.45, 7) is 0. The van der Waals surface area contributed by atoms with Crippen LogP contribution in [-0.2, 0) is 23.2 Å². The number of rotatable bonds is 4. The molecular formula is C17H12F3N5O2S2. The van der Waals surface area contributed by atoms with Crippen LogP contribution in [0.5, 0.6) is 0 Å². The van der Waals surface area contributed by atoms with E-state index in [1.54, 1.807) is 36.1 Å². The molecule has 3 aromatic heterocycles. The van der Waals surface area contributed by atoms with E-state index in [-0.39, 0.29) is 15.5 Å². The summed E-state index contributed by atoms with van der Waals surface area (Å²) >= 11 is 0.440. The Balaban J connectivity index is 1.62. The summed E-state index contributed by atoms with van der Waals surface area (Å²) < 4.78 is 67.6. The van der Waals surface area contributed by atoms with Gasteiger partial charge in [-0.05, 0) is 18.2 Å². The van der Waals surface area contributed by atoms with Crippen molar-refractivity contribution in [1.29, 1.82) is 0 Å². The number of anilines is 1. The first kappa shape index (κ1) is 19.3. The van der Waals surface area contributed by atoms with E-state index in [2.05, 4.69) is 19.8 Å². The molecule has 0 aliphatic heterocycles. The highest BCUT2D eigenvalue weighted by Crippen LogP contribution is 2.36. The van der Waals surface area contributed by atoms with Gasteiger partial charge in [-0.2, -0.15) is 18.3 Å². The standard InChI is InChI=1S/C17H12F3N5O2S2/c1-25-15-10(7-23-25)3-2-4-13(15)24-29(26,27)11-5-6-12(21-8-11)14-9-22-16(28-14)17(18,19)20/h2-9,24H,1H3. The van der Waals surface area contributed by atoms with E-state index in [1.165, 1.54) is 12.1 Å². The van der Waals surface area contributed by atoms with Crippen LogP contribution in [0.15, 0.2) is 53.8 Å². The summed E-state index contributed by atoms with van der Waals surface area (Å²) in [5, 5.41) is 3.89. The average molecular weight is 439 g/mol. The molecule has 0 unspecified atom stereocenters. The molecule has 1 aromatic carbocycles. The molecule has 0 aliphatic carbocycles. The molecule has 12 heteroatoms. The molecule has 3 heterocycles. The first-order chi connectivity index (χ1) is 13.6. The summed E-state index contributed by atoms with van der Waals surface area (Å²) in [6, 6.07) is 7.74. The molecule has 0 atom stereocenters. The second kappa shape index (κ2) is 6.81. The molecule has 7 nitrogen and oxygen atoms in total. The molecule has 0 bridgehead atoms. The molecule has 0 radical (unpaired) electrons. The summed E-state index contributed by atoms with van der Waals surface area (Å²) in [4.78, 5) is 7.39. The van der Waals surface area contributed by atoms with E-state index in [0.717, 1.165) is 17.8 Å². The Morgan fingerprint density at radius 1 is 1.07 bits per heavy atom. The van der Waals surface area contributed by atoms with E-state index in [9.17, 15) is 21.6 Å². The molecule has 1 N–H and O–H groups in total. The number of sulfonamides is 1. The number of benzene rings is 1. The van der Waals surface area contributed by atoms with Gasteiger partial charge >= 0.3 is 6.18 Å². The maximum absolute atomic E-state index is 12.7. The predicted molar refractivity (Wildman–Crippen MR) is 102 cm³/mol. The maximum atomic E-state index is 12.7. The van der Waals surface area contributed by atoms with Gasteiger partial charge in [-0.15, -0.1) is 11.3 Å². The highest BCUT2D eigenvalue weighted by atomic mass is 32.2. The highest BCUT2D eigenvalue weighted by Gasteiger charge is 2.34. The van der Waals surface area contributed by atoms with E-state index in [0.29, 0.717) is 22.5 Å². The van der Waals surface area contributed by atoms with E-state index < -0.39 is 21.2 Å². The fourth-order valence-corrected chi connectivity index (χ4v) is 4.50. The lowest BCUT2D eigenvalue weighted by molar-refractivity contribution is -0.137. The number of nitrogens with zero attached hydrogens (tertiary/aromatic N) is 4. The van der Waals surface area contributed by atoms with E-state index in [1.807, 2.05) is 0 Å². The topological polar surface area (TPSA) is 89.8 Å². The molecule has 150 valence electrons. The summed E-state index contributed by atoms with van der Waals surface area (Å²) in [6.07, 6.45) is -0.768. The Morgan fingerprint density at radius 2 is 1.86 bits per heavy atom. The van der Waals surface area contributed by atoms with E-state index in [4.69, 9.17) is 0 Å². The molecule has 0 aliphatic rings. The number of fused-ring (bicyclic) bond motifs is 1. The van der Waals surface area contributed by atoms with Crippen molar-refractivity contribution in [2.24, 2.45) is 7.05 Å². The molecule has 0 amide bonds. The van der Waals surface area contributed by atoms with Gasteiger partial charge in [-0.1, -0.05) is 12.1 Å². The van der Waals surface area contributed by atoms with Crippen molar-refractivity contribution in [1.82, 2.24) is 19.7 Å². The minimum atomic E-state index is -4.54. The first-order valence-electron chi connectivity index (χ1n) is 8.08. The number of thiazole rings is 1. The van der Waals surface area contributed by atoms with Gasteiger partial charge in [-0.3, -0.25) is 14.4 Å². The first-order valence-corrected chi connectivity index (χ1v) is 10.4. The molecule has 4 aromatic rings. The summed E-state index contributed by atoms with van der Waals surface area (Å²) in [5.74, 6) is 0. The highest BCUT2D eigenvalue weighted by molar-refractivity contribution is 7.92. The van der Waals surface area contributed by atoms with Gasteiger partial charge in [0.05, 0.1) is 28.0 Å². The minimum Gasteiger partial charge on any atom is -0.277 e. The van der Waals surface area contributed by atoms with Crippen LogP contribution in [0.3, 0.4) is 0 Å². The van der Waals surface area contributed by atoms with Crippen LogP contribution in [0.25, 0.3) is 21.5 Å². The van der Waals surface area contributed by atoms with Crippen molar-refractivity contribution in [3.8, 4) is 10.6 Å². The van der Waals surface area contributed by atoms with Crippen molar-refractivity contribution in [2.45, 2.75) is 11.1 Å². The third-order valence-corrected chi connectivity index (χ3v) is 6.47. The number of aryl methyl sites for hydroxylation is 1. The van der Waals surface area contributed by atoms with Gasteiger partial charge < -0.3 is 0 Å². The van der Waals surface area contributed by atoms with E-state index >= 15 is 0 Å². The SMILES string of the molecule is Cn1ncc2cccc(NS(=O)(=O)c3ccc(-c4cnc(C(F)(F)F)s4)nc3)c21. The lowest BCUT2D eigenvalue weighted by atomic mass is 10.2. The quantitative estimate of drug-likeness (QED) is 0.521. The largest absolute Gasteiger partial charge is 0.443 e. The summed E-state index contributed by atoms with van der Waals surface area (Å²) in [5.41, 5.74) is 1.17. The van der Waals surface area contributed by atoms with Crippen molar-refractivity contribution in [3.63, 3.8) is 0 Å². The lowest BCUT2D eigenvalue weighted by Gasteiger charge is -2.10. The Kier molecular flexibility index (Phi) is 4.54. The third-order valence-electron chi connectivity index (χ3n) is 4.05. The molecule has 0 spiro atoms. The van der Waals surface area contributed by atoms with Gasteiger partial charge in [0.1, 0.15) is 4.90 Å². The van der Waals surface area contributed by atoms with Crippen LogP contribution in [0.1, 0.15) is 5.01 Å². The number of hydrogen-bond acceptors (Lipinski definition) is 6. The zero-order valence-corrected chi connectivity index (χ0v) is 16.3. The van der Waals surface area contributed by atoms with Crippen molar-refractivity contribution < 1.29 is 21.6 Å². The molecule has 4 rings (SSSR count). The van der Waals surface area contributed by atoms with Crippen molar-refractivity contribution in [3.05, 3.63) is 53.9 Å². The monoisotopic (exact) mass is 439 g/mol.